The summed E-state index contributed by atoms with van der Waals surface area (Å²) in [5.41, 5.74) is 6.38. The fourth-order valence-electron chi connectivity index (χ4n) is 2.16. The molecule has 1 aliphatic rings. The van der Waals surface area contributed by atoms with Crippen molar-refractivity contribution < 1.29 is 4.39 Å². The summed E-state index contributed by atoms with van der Waals surface area (Å²) in [5.74, 6) is 0.0720. The average Bonchev–Trinajstić information content (AvgIpc) is 2.96. The van der Waals surface area contributed by atoms with Gasteiger partial charge in [0, 0.05) is 14.7 Å². The molecule has 19 heavy (non-hydrogen) atoms. The van der Waals surface area contributed by atoms with Gasteiger partial charge in [-0.2, -0.15) is 0 Å². The van der Waals surface area contributed by atoms with Gasteiger partial charge in [0.05, 0.1) is 18.3 Å². The standard InChI is InChI=1S/C13H11BrFN3S/c14-8-5-12(19-7-8)11-6-17-13(16)18(11)10-4-2-1-3-9(10)15/h1-5,7,11H,6H2,(H2,16,17). The van der Waals surface area contributed by atoms with Crippen LogP contribution in [0.1, 0.15) is 10.9 Å². The van der Waals surface area contributed by atoms with Crippen molar-refractivity contribution in [1.82, 2.24) is 0 Å². The zero-order valence-corrected chi connectivity index (χ0v) is 12.3. The number of para-hydroxylation sites is 1. The highest BCUT2D eigenvalue weighted by atomic mass is 79.9. The fourth-order valence-corrected chi connectivity index (χ4v) is 3.68. The molecule has 1 aliphatic heterocycles. The van der Waals surface area contributed by atoms with E-state index in [0.29, 0.717) is 18.2 Å². The highest BCUT2D eigenvalue weighted by molar-refractivity contribution is 9.10. The van der Waals surface area contributed by atoms with E-state index < -0.39 is 0 Å². The molecule has 0 spiro atoms. The smallest absolute Gasteiger partial charge is 0.196 e. The lowest BCUT2D eigenvalue weighted by Gasteiger charge is -2.25. The largest absolute Gasteiger partial charge is 0.369 e. The van der Waals surface area contributed by atoms with Gasteiger partial charge in [0.1, 0.15) is 5.82 Å². The van der Waals surface area contributed by atoms with E-state index in [1.165, 1.54) is 6.07 Å². The van der Waals surface area contributed by atoms with Crippen LogP contribution < -0.4 is 10.6 Å². The molecule has 2 aromatic rings. The molecule has 0 radical (unpaired) electrons. The van der Waals surface area contributed by atoms with Gasteiger partial charge < -0.3 is 5.73 Å². The molecule has 1 aromatic heterocycles. The van der Waals surface area contributed by atoms with Crippen LogP contribution in [0.25, 0.3) is 0 Å². The molecular formula is C13H11BrFN3S. The number of halogens is 2. The number of guanidine groups is 1. The average molecular weight is 340 g/mol. The molecule has 0 saturated heterocycles. The van der Waals surface area contributed by atoms with E-state index in [0.717, 1.165) is 9.35 Å². The van der Waals surface area contributed by atoms with E-state index in [1.54, 1.807) is 34.4 Å². The molecule has 1 unspecified atom stereocenters. The first-order valence-electron chi connectivity index (χ1n) is 5.74. The van der Waals surface area contributed by atoms with Crippen LogP contribution in [-0.4, -0.2) is 12.5 Å². The second-order valence-corrected chi connectivity index (χ2v) is 6.06. The topological polar surface area (TPSA) is 41.6 Å². The number of nitrogens with zero attached hydrogens (tertiary/aromatic N) is 2. The summed E-state index contributed by atoms with van der Waals surface area (Å²) in [5, 5.41) is 2.00. The Hall–Kier alpha value is -1.40. The minimum Gasteiger partial charge on any atom is -0.369 e. The van der Waals surface area contributed by atoms with Crippen LogP contribution in [0, 0.1) is 5.82 Å². The zero-order valence-electron chi connectivity index (χ0n) is 9.88. The summed E-state index contributed by atoms with van der Waals surface area (Å²) < 4.78 is 15.0. The molecule has 0 saturated carbocycles. The van der Waals surface area contributed by atoms with Gasteiger partial charge in [-0.25, -0.2) is 4.39 Å². The third-order valence-corrected chi connectivity index (χ3v) is 4.81. The minimum atomic E-state index is -0.289. The Kier molecular flexibility index (Phi) is 3.28. The van der Waals surface area contributed by atoms with E-state index in [1.807, 2.05) is 11.4 Å². The Bertz CT molecular complexity index is 640. The highest BCUT2D eigenvalue weighted by Crippen LogP contribution is 2.36. The number of hydrogen-bond donors (Lipinski definition) is 1. The fraction of sp³-hybridized carbons (Fsp3) is 0.154. The Balaban J connectivity index is 2.02. The minimum absolute atomic E-state index is 0.0341. The maximum absolute atomic E-state index is 14.0. The summed E-state index contributed by atoms with van der Waals surface area (Å²) in [6, 6.07) is 8.61. The van der Waals surface area contributed by atoms with Crippen molar-refractivity contribution in [3.63, 3.8) is 0 Å². The SMILES string of the molecule is NC1=NCC(c2cc(Br)cs2)N1c1ccccc1F. The first kappa shape index (κ1) is 12.6. The van der Waals surface area contributed by atoms with Gasteiger partial charge in [-0.15, -0.1) is 11.3 Å². The number of anilines is 1. The lowest BCUT2D eigenvalue weighted by atomic mass is 10.2. The summed E-state index contributed by atoms with van der Waals surface area (Å²) in [7, 11) is 0. The Morgan fingerprint density at radius 1 is 1.42 bits per heavy atom. The molecule has 0 fully saturated rings. The number of benzene rings is 1. The van der Waals surface area contributed by atoms with Crippen LogP contribution in [0.2, 0.25) is 0 Å². The van der Waals surface area contributed by atoms with Gasteiger partial charge in [-0.05, 0) is 34.1 Å². The third kappa shape index (κ3) is 2.26. The maximum Gasteiger partial charge on any atom is 0.196 e. The Morgan fingerprint density at radius 2 is 2.21 bits per heavy atom. The van der Waals surface area contributed by atoms with E-state index >= 15 is 0 Å². The quantitative estimate of drug-likeness (QED) is 0.909. The van der Waals surface area contributed by atoms with E-state index in [4.69, 9.17) is 5.73 Å². The molecule has 1 aromatic carbocycles. The molecule has 0 bridgehead atoms. The van der Waals surface area contributed by atoms with Gasteiger partial charge in [0.25, 0.3) is 0 Å². The van der Waals surface area contributed by atoms with Gasteiger partial charge in [0.2, 0.25) is 0 Å². The van der Waals surface area contributed by atoms with Crippen molar-refractivity contribution >= 4 is 38.9 Å². The Labute approximate surface area is 122 Å². The van der Waals surface area contributed by atoms with E-state index in [-0.39, 0.29) is 11.9 Å². The normalized spacial score (nSPS) is 18.7. The van der Waals surface area contributed by atoms with Crippen molar-refractivity contribution in [3.05, 3.63) is 50.9 Å². The van der Waals surface area contributed by atoms with Gasteiger partial charge in [-0.3, -0.25) is 9.89 Å². The second kappa shape index (κ2) is 4.94. The first-order valence-corrected chi connectivity index (χ1v) is 7.41. The summed E-state index contributed by atoms with van der Waals surface area (Å²) in [6.07, 6.45) is 0. The Morgan fingerprint density at radius 3 is 2.89 bits per heavy atom. The lowest BCUT2D eigenvalue weighted by Crippen LogP contribution is -2.36. The van der Waals surface area contributed by atoms with Crippen LogP contribution in [0.4, 0.5) is 10.1 Å². The molecule has 2 heterocycles. The van der Waals surface area contributed by atoms with Crippen LogP contribution >= 0.6 is 27.3 Å². The first-order chi connectivity index (χ1) is 9.16. The molecule has 98 valence electrons. The molecule has 3 nitrogen and oxygen atoms in total. The van der Waals surface area contributed by atoms with Crippen molar-refractivity contribution in [3.8, 4) is 0 Å². The molecule has 0 amide bonds. The second-order valence-electron chi connectivity index (χ2n) is 4.20. The van der Waals surface area contributed by atoms with Crippen molar-refractivity contribution in [2.45, 2.75) is 6.04 Å². The molecule has 6 heteroatoms. The van der Waals surface area contributed by atoms with Crippen LogP contribution in [0.15, 0.2) is 45.2 Å². The number of nitrogens with two attached hydrogens (primary N) is 1. The number of thiophene rings is 1. The van der Waals surface area contributed by atoms with Crippen molar-refractivity contribution in [1.29, 1.82) is 0 Å². The van der Waals surface area contributed by atoms with Crippen LogP contribution in [0.3, 0.4) is 0 Å². The summed E-state index contributed by atoms with van der Waals surface area (Å²) in [4.78, 5) is 7.12. The molecular weight excluding hydrogens is 329 g/mol. The van der Waals surface area contributed by atoms with Crippen LogP contribution in [0.5, 0.6) is 0 Å². The molecule has 3 rings (SSSR count). The van der Waals surface area contributed by atoms with Gasteiger partial charge >= 0.3 is 0 Å². The van der Waals surface area contributed by atoms with Crippen molar-refractivity contribution in [2.75, 3.05) is 11.4 Å². The highest BCUT2D eigenvalue weighted by Gasteiger charge is 2.31. The predicted octanol–water partition coefficient (Wildman–Crippen LogP) is 3.53. The molecule has 0 aliphatic carbocycles. The van der Waals surface area contributed by atoms with Crippen molar-refractivity contribution in [2.24, 2.45) is 10.7 Å². The van der Waals surface area contributed by atoms with Crippen LogP contribution in [-0.2, 0) is 0 Å². The molecule has 1 atom stereocenters. The predicted molar refractivity (Wildman–Crippen MR) is 80.1 cm³/mol. The number of hydrogen-bond acceptors (Lipinski definition) is 4. The van der Waals surface area contributed by atoms with E-state index in [2.05, 4.69) is 20.9 Å². The van der Waals surface area contributed by atoms with Gasteiger partial charge in [0.15, 0.2) is 5.96 Å². The maximum atomic E-state index is 14.0. The summed E-state index contributed by atoms with van der Waals surface area (Å²) in [6.45, 7) is 0.549. The van der Waals surface area contributed by atoms with Gasteiger partial charge in [-0.1, -0.05) is 12.1 Å². The molecule has 2 N–H and O–H groups in total. The zero-order chi connectivity index (χ0) is 13.4. The third-order valence-electron chi connectivity index (χ3n) is 3.01. The summed E-state index contributed by atoms with van der Waals surface area (Å²) >= 11 is 5.05. The monoisotopic (exact) mass is 339 g/mol. The van der Waals surface area contributed by atoms with E-state index in [9.17, 15) is 4.39 Å². The number of aliphatic imine (C=N–C) groups is 1. The lowest BCUT2D eigenvalue weighted by molar-refractivity contribution is 0.620. The number of rotatable bonds is 2.